The first-order valence-corrected chi connectivity index (χ1v) is 15.1. The Morgan fingerprint density at radius 3 is 2.17 bits per heavy atom. The van der Waals surface area contributed by atoms with Gasteiger partial charge in [0, 0.05) is 35.9 Å². The van der Waals surface area contributed by atoms with Crippen molar-refractivity contribution in [3.8, 4) is 23.0 Å². The smallest absolute Gasteiger partial charge is 0.247 e. The number of primary amides is 1. The lowest BCUT2D eigenvalue weighted by atomic mass is 9.92. The van der Waals surface area contributed by atoms with Crippen LogP contribution in [0.25, 0.3) is 10.9 Å². The summed E-state index contributed by atoms with van der Waals surface area (Å²) in [6.45, 7) is 10.8. The van der Waals surface area contributed by atoms with Crippen LogP contribution in [0, 0.1) is 22.5 Å². The molecule has 1 unspecified atom stereocenters. The number of carbonyl (C=O) groups excluding carboxylic acids is 2. The van der Waals surface area contributed by atoms with Gasteiger partial charge in [-0.25, -0.2) is 8.78 Å². The number of benzene rings is 3. The summed E-state index contributed by atoms with van der Waals surface area (Å²) < 4.78 is 47.2. The Bertz CT molecular complexity index is 1760. The van der Waals surface area contributed by atoms with E-state index in [1.165, 1.54) is 48.4 Å². The van der Waals surface area contributed by atoms with Crippen molar-refractivity contribution in [1.29, 1.82) is 0 Å². The highest BCUT2D eigenvalue weighted by Gasteiger charge is 2.71. The number of halogens is 2. The average molecular weight is 633 g/mol. The number of amides is 2. The first-order valence-electron chi connectivity index (χ1n) is 15.1. The summed E-state index contributed by atoms with van der Waals surface area (Å²) in [5.74, 6) is -1.46. The largest absolute Gasteiger partial charge is 0.493 e. The number of aromatic nitrogens is 1. The lowest BCUT2D eigenvalue weighted by Gasteiger charge is -2.28. The molecule has 0 radical (unpaired) electrons. The van der Waals surface area contributed by atoms with Gasteiger partial charge in [0.05, 0.1) is 18.3 Å². The molecule has 1 fully saturated rings. The number of ether oxygens (including phenoxy) is 3. The Balaban J connectivity index is 1.46. The maximum Gasteiger partial charge on any atom is 0.247 e. The maximum absolute atomic E-state index is 15.8. The van der Waals surface area contributed by atoms with E-state index in [9.17, 15) is 14.0 Å². The van der Waals surface area contributed by atoms with Crippen molar-refractivity contribution in [3.05, 3.63) is 78.5 Å². The number of pyridine rings is 1. The standard InChI is InChI=1S/C35H38F2N4O5/c1-6-40(7-2)16-17-45-31-20-27-25(19-30(31)44-5)28(14-15-39-27)46-29-13-12-24(18-26(29)37)41(23-10-8-22(36)9-11-23)33(43)35(32(38)42)21-34(35,3)4/h8-15,18-20H,6-7,16-17,21H2,1-5H3,(H2,38,42). The van der Waals surface area contributed by atoms with Crippen molar-refractivity contribution < 1.29 is 32.6 Å². The van der Waals surface area contributed by atoms with Gasteiger partial charge in [-0.15, -0.1) is 0 Å². The quantitative estimate of drug-likeness (QED) is 0.166. The van der Waals surface area contributed by atoms with Crippen molar-refractivity contribution in [2.24, 2.45) is 16.6 Å². The molecule has 1 aromatic heterocycles. The number of anilines is 2. The topological polar surface area (TPSA) is 107 Å². The fraction of sp³-hybridized carbons (Fsp3) is 0.343. The van der Waals surface area contributed by atoms with Gasteiger partial charge in [-0.3, -0.25) is 19.5 Å². The van der Waals surface area contributed by atoms with Gasteiger partial charge < -0.3 is 24.8 Å². The predicted molar refractivity (Wildman–Crippen MR) is 172 cm³/mol. The van der Waals surface area contributed by atoms with Gasteiger partial charge in [-0.05, 0) is 73.5 Å². The summed E-state index contributed by atoms with van der Waals surface area (Å²) in [5.41, 5.74) is 4.47. The molecule has 1 saturated carbocycles. The molecule has 5 rings (SSSR count). The number of carbonyl (C=O) groups is 2. The summed E-state index contributed by atoms with van der Waals surface area (Å²) in [5, 5.41) is 0.571. The minimum Gasteiger partial charge on any atom is -0.493 e. The van der Waals surface area contributed by atoms with Crippen molar-refractivity contribution >= 4 is 34.1 Å². The number of likely N-dealkylation sites (N-methyl/N-ethyl adjacent to an activating group) is 1. The van der Waals surface area contributed by atoms with Crippen LogP contribution in [0.15, 0.2) is 66.9 Å². The first kappa shape index (κ1) is 32.6. The summed E-state index contributed by atoms with van der Waals surface area (Å²) in [6, 6.07) is 14.2. The molecule has 2 amide bonds. The molecule has 0 saturated heterocycles. The van der Waals surface area contributed by atoms with Gasteiger partial charge in [0.15, 0.2) is 23.1 Å². The van der Waals surface area contributed by atoms with E-state index in [1.807, 2.05) is 0 Å². The molecule has 9 nitrogen and oxygen atoms in total. The molecule has 0 spiro atoms. The zero-order valence-corrected chi connectivity index (χ0v) is 26.6. The predicted octanol–water partition coefficient (Wildman–Crippen LogP) is 6.60. The van der Waals surface area contributed by atoms with Crippen LogP contribution in [0.4, 0.5) is 20.2 Å². The van der Waals surface area contributed by atoms with Crippen molar-refractivity contribution in [1.82, 2.24) is 9.88 Å². The monoisotopic (exact) mass is 632 g/mol. The summed E-state index contributed by atoms with van der Waals surface area (Å²) in [4.78, 5) is 34.4. The molecule has 4 aromatic rings. The third-order valence-corrected chi connectivity index (χ3v) is 8.75. The van der Waals surface area contributed by atoms with Crippen LogP contribution in [0.5, 0.6) is 23.0 Å². The molecule has 0 bridgehead atoms. The first-order chi connectivity index (χ1) is 21.9. The molecular weight excluding hydrogens is 594 g/mol. The van der Waals surface area contributed by atoms with E-state index >= 15 is 4.39 Å². The number of hydrogen-bond acceptors (Lipinski definition) is 7. The number of hydrogen-bond donors (Lipinski definition) is 1. The van der Waals surface area contributed by atoms with Crippen LogP contribution in [0.2, 0.25) is 0 Å². The van der Waals surface area contributed by atoms with Gasteiger partial charge in [0.2, 0.25) is 11.8 Å². The molecule has 46 heavy (non-hydrogen) atoms. The molecule has 1 aliphatic carbocycles. The van der Waals surface area contributed by atoms with E-state index in [0.717, 1.165) is 25.7 Å². The second kappa shape index (κ2) is 12.9. The molecule has 2 N–H and O–H groups in total. The van der Waals surface area contributed by atoms with E-state index in [2.05, 4.69) is 23.7 Å². The number of nitrogens with zero attached hydrogens (tertiary/aromatic N) is 3. The van der Waals surface area contributed by atoms with Crippen molar-refractivity contribution in [2.45, 2.75) is 34.1 Å². The normalized spacial score (nSPS) is 16.7. The zero-order valence-electron chi connectivity index (χ0n) is 26.6. The Kier molecular flexibility index (Phi) is 9.16. The van der Waals surface area contributed by atoms with E-state index in [-0.39, 0.29) is 23.5 Å². The van der Waals surface area contributed by atoms with E-state index in [1.54, 1.807) is 38.2 Å². The second-order valence-electron chi connectivity index (χ2n) is 11.9. The molecule has 0 aliphatic heterocycles. The Morgan fingerprint density at radius 1 is 0.913 bits per heavy atom. The molecule has 1 aliphatic rings. The van der Waals surface area contributed by atoms with Crippen LogP contribution < -0.4 is 24.8 Å². The zero-order chi connectivity index (χ0) is 33.2. The summed E-state index contributed by atoms with van der Waals surface area (Å²) in [7, 11) is 1.53. The molecule has 11 heteroatoms. The summed E-state index contributed by atoms with van der Waals surface area (Å²) in [6.07, 6.45) is 1.78. The highest BCUT2D eigenvalue weighted by Crippen LogP contribution is 2.64. The number of nitrogens with two attached hydrogens (primary N) is 1. The highest BCUT2D eigenvalue weighted by molar-refractivity contribution is 6.17. The minimum absolute atomic E-state index is 0.113. The van der Waals surface area contributed by atoms with E-state index in [0.29, 0.717) is 34.8 Å². The number of rotatable bonds is 13. The second-order valence-corrected chi connectivity index (χ2v) is 11.9. The Hall–Kier alpha value is -4.77. The number of fused-ring (bicyclic) bond motifs is 1. The Labute approximate surface area is 266 Å². The van der Waals surface area contributed by atoms with Gasteiger partial charge in [0.25, 0.3) is 0 Å². The Morgan fingerprint density at radius 2 is 1.59 bits per heavy atom. The maximum atomic E-state index is 15.8. The van der Waals surface area contributed by atoms with E-state index < -0.39 is 34.3 Å². The van der Waals surface area contributed by atoms with Gasteiger partial charge in [-0.1, -0.05) is 27.7 Å². The molecule has 242 valence electrons. The van der Waals surface area contributed by atoms with E-state index in [4.69, 9.17) is 19.9 Å². The third kappa shape index (κ3) is 6.06. The highest BCUT2D eigenvalue weighted by atomic mass is 19.1. The van der Waals surface area contributed by atoms with Crippen molar-refractivity contribution in [3.63, 3.8) is 0 Å². The van der Waals surface area contributed by atoms with Crippen LogP contribution in [0.3, 0.4) is 0 Å². The molecule has 1 heterocycles. The van der Waals surface area contributed by atoms with Gasteiger partial charge >= 0.3 is 0 Å². The van der Waals surface area contributed by atoms with Gasteiger partial charge in [0.1, 0.15) is 23.6 Å². The third-order valence-electron chi connectivity index (χ3n) is 8.75. The van der Waals surface area contributed by atoms with Crippen LogP contribution in [-0.4, -0.2) is 55.0 Å². The molecule has 1 atom stereocenters. The lowest BCUT2D eigenvalue weighted by Crippen LogP contribution is -2.44. The average Bonchev–Trinajstić information content (AvgIpc) is 3.64. The fourth-order valence-corrected chi connectivity index (χ4v) is 5.82. The molecule has 3 aromatic carbocycles. The van der Waals surface area contributed by atoms with Gasteiger partial charge in [-0.2, -0.15) is 0 Å². The minimum atomic E-state index is -1.49. The fourth-order valence-electron chi connectivity index (χ4n) is 5.82. The summed E-state index contributed by atoms with van der Waals surface area (Å²) >= 11 is 0. The molecular formula is C35H38F2N4O5. The van der Waals surface area contributed by atoms with Crippen molar-refractivity contribution in [2.75, 3.05) is 38.3 Å². The van der Waals surface area contributed by atoms with Crippen LogP contribution >= 0.6 is 0 Å². The lowest BCUT2D eigenvalue weighted by molar-refractivity contribution is -0.134. The SMILES string of the molecule is CCN(CC)CCOc1cc2nccc(Oc3ccc(N(C(=O)C4(C(N)=O)CC4(C)C)c4ccc(F)cc4)cc3F)c2cc1OC. The van der Waals surface area contributed by atoms with Crippen LogP contribution in [0.1, 0.15) is 34.1 Å². The van der Waals surface area contributed by atoms with Crippen LogP contribution in [-0.2, 0) is 9.59 Å². The number of methoxy groups -OCH3 is 1.